The van der Waals surface area contributed by atoms with Crippen LogP contribution in [0.3, 0.4) is 0 Å². The molecule has 2 atom stereocenters. The molecule has 0 bridgehead atoms. The summed E-state index contributed by atoms with van der Waals surface area (Å²) in [7, 11) is 0. The third-order valence-electron chi connectivity index (χ3n) is 3.66. The first-order chi connectivity index (χ1) is 10.2. The molecule has 0 unspecified atom stereocenters. The van der Waals surface area contributed by atoms with Crippen LogP contribution in [0.15, 0.2) is 60.7 Å². The topological polar surface area (TPSA) is 45.7 Å². The van der Waals surface area contributed by atoms with Gasteiger partial charge in [-0.1, -0.05) is 60.7 Å². The van der Waals surface area contributed by atoms with Crippen LogP contribution in [-0.2, 0) is 4.79 Å². The SMILES string of the molecule is C[C@H]([NH2+]CC(=O)N[C@H](C)c1ccccc1)c1ccccc1. The molecule has 0 aliphatic rings. The number of hydrogen-bond donors (Lipinski definition) is 2. The maximum atomic E-state index is 12.0. The number of hydrogen-bond acceptors (Lipinski definition) is 1. The van der Waals surface area contributed by atoms with Gasteiger partial charge in [0.15, 0.2) is 6.54 Å². The van der Waals surface area contributed by atoms with E-state index >= 15 is 0 Å². The van der Waals surface area contributed by atoms with Gasteiger partial charge in [0.05, 0.1) is 6.04 Å². The first-order valence-corrected chi connectivity index (χ1v) is 7.39. The van der Waals surface area contributed by atoms with Crippen molar-refractivity contribution in [3.8, 4) is 0 Å². The summed E-state index contributed by atoms with van der Waals surface area (Å²) in [6, 6.07) is 20.6. The molecule has 1 amide bonds. The molecular formula is C18H23N2O+. The van der Waals surface area contributed by atoms with Gasteiger partial charge in [0.2, 0.25) is 0 Å². The molecule has 21 heavy (non-hydrogen) atoms. The highest BCUT2D eigenvalue weighted by Gasteiger charge is 2.13. The molecule has 0 saturated heterocycles. The largest absolute Gasteiger partial charge is 0.345 e. The van der Waals surface area contributed by atoms with E-state index in [2.05, 4.69) is 29.7 Å². The zero-order valence-corrected chi connectivity index (χ0v) is 12.6. The fraction of sp³-hybridized carbons (Fsp3) is 0.278. The number of quaternary nitrogens is 1. The first kappa shape index (κ1) is 15.3. The van der Waals surface area contributed by atoms with Crippen molar-refractivity contribution < 1.29 is 10.1 Å². The Kier molecular flexibility index (Phi) is 5.52. The predicted molar refractivity (Wildman–Crippen MR) is 84.6 cm³/mol. The average Bonchev–Trinajstić information content (AvgIpc) is 2.54. The lowest BCUT2D eigenvalue weighted by Gasteiger charge is -2.15. The second-order valence-corrected chi connectivity index (χ2v) is 5.34. The predicted octanol–water partition coefficient (Wildman–Crippen LogP) is 2.19. The van der Waals surface area contributed by atoms with Crippen molar-refractivity contribution in [3.63, 3.8) is 0 Å². The molecular weight excluding hydrogens is 260 g/mol. The fourth-order valence-electron chi connectivity index (χ4n) is 2.30. The van der Waals surface area contributed by atoms with Gasteiger partial charge in [-0.2, -0.15) is 0 Å². The van der Waals surface area contributed by atoms with E-state index < -0.39 is 0 Å². The molecule has 2 aromatic rings. The normalized spacial score (nSPS) is 13.4. The van der Waals surface area contributed by atoms with Gasteiger partial charge in [-0.15, -0.1) is 0 Å². The minimum absolute atomic E-state index is 0.0409. The summed E-state index contributed by atoms with van der Waals surface area (Å²) in [5.41, 5.74) is 2.36. The number of benzene rings is 2. The number of carbonyl (C=O) groups excluding carboxylic acids is 1. The van der Waals surface area contributed by atoms with Gasteiger partial charge in [0.1, 0.15) is 6.04 Å². The van der Waals surface area contributed by atoms with Crippen molar-refractivity contribution in [3.05, 3.63) is 71.8 Å². The lowest BCUT2D eigenvalue weighted by Crippen LogP contribution is -2.87. The van der Waals surface area contributed by atoms with Crippen LogP contribution in [0, 0.1) is 0 Å². The Labute approximate surface area is 126 Å². The summed E-state index contributed by atoms with van der Waals surface area (Å²) in [4.78, 5) is 12.0. The van der Waals surface area contributed by atoms with Crippen LogP contribution < -0.4 is 10.6 Å². The molecule has 0 spiro atoms. The molecule has 0 aliphatic heterocycles. The molecule has 0 saturated carbocycles. The van der Waals surface area contributed by atoms with Crippen molar-refractivity contribution in [2.45, 2.75) is 25.9 Å². The zero-order valence-electron chi connectivity index (χ0n) is 12.6. The maximum absolute atomic E-state index is 12.0. The van der Waals surface area contributed by atoms with Crippen molar-refractivity contribution in [2.24, 2.45) is 0 Å². The van der Waals surface area contributed by atoms with Crippen LogP contribution in [0.1, 0.15) is 37.1 Å². The molecule has 3 nitrogen and oxygen atoms in total. The lowest BCUT2D eigenvalue weighted by atomic mass is 10.1. The summed E-state index contributed by atoms with van der Waals surface area (Å²) in [5.74, 6) is 0.0640. The van der Waals surface area contributed by atoms with E-state index in [4.69, 9.17) is 0 Å². The minimum atomic E-state index is 0.0409. The van der Waals surface area contributed by atoms with Gasteiger partial charge in [-0.3, -0.25) is 4.79 Å². The van der Waals surface area contributed by atoms with Crippen LogP contribution in [0.4, 0.5) is 0 Å². The smallest absolute Gasteiger partial charge is 0.275 e. The van der Waals surface area contributed by atoms with E-state index in [0.717, 1.165) is 5.56 Å². The van der Waals surface area contributed by atoms with Gasteiger partial charge < -0.3 is 10.6 Å². The standard InChI is InChI=1S/C18H22N2O/c1-14(16-9-5-3-6-10-16)19-13-18(21)20-15(2)17-11-7-4-8-12-17/h3-12,14-15,19H,13H2,1-2H3,(H,20,21)/p+1/t14-,15+/m0/s1. The van der Waals surface area contributed by atoms with Crippen LogP contribution in [0.25, 0.3) is 0 Å². The summed E-state index contributed by atoms with van der Waals surface area (Å²) >= 11 is 0. The Morgan fingerprint density at radius 2 is 1.48 bits per heavy atom. The Morgan fingerprint density at radius 1 is 0.952 bits per heavy atom. The second kappa shape index (κ2) is 7.60. The number of carbonyl (C=O) groups is 1. The Bertz CT molecular complexity index is 554. The third-order valence-corrected chi connectivity index (χ3v) is 3.66. The van der Waals surface area contributed by atoms with Gasteiger partial charge in [0.25, 0.3) is 5.91 Å². The molecule has 3 N–H and O–H groups in total. The Balaban J connectivity index is 1.80. The van der Waals surface area contributed by atoms with Gasteiger partial charge in [-0.25, -0.2) is 0 Å². The number of rotatable bonds is 6. The summed E-state index contributed by atoms with van der Waals surface area (Å²) < 4.78 is 0. The van der Waals surface area contributed by atoms with Crippen LogP contribution in [-0.4, -0.2) is 12.5 Å². The molecule has 0 fully saturated rings. The summed E-state index contributed by atoms with van der Waals surface area (Å²) in [5, 5.41) is 5.09. The minimum Gasteiger partial charge on any atom is -0.345 e. The number of nitrogens with one attached hydrogen (secondary N) is 1. The highest BCUT2D eigenvalue weighted by molar-refractivity contribution is 5.77. The van der Waals surface area contributed by atoms with Crippen LogP contribution in [0.5, 0.6) is 0 Å². The van der Waals surface area contributed by atoms with E-state index in [-0.39, 0.29) is 18.0 Å². The van der Waals surface area contributed by atoms with Crippen LogP contribution >= 0.6 is 0 Å². The molecule has 0 aliphatic carbocycles. The first-order valence-electron chi connectivity index (χ1n) is 7.39. The third kappa shape index (κ3) is 4.72. The zero-order chi connectivity index (χ0) is 15.1. The highest BCUT2D eigenvalue weighted by atomic mass is 16.1. The van der Waals surface area contributed by atoms with E-state index in [1.807, 2.05) is 55.5 Å². The Morgan fingerprint density at radius 3 is 2.05 bits per heavy atom. The molecule has 110 valence electrons. The monoisotopic (exact) mass is 283 g/mol. The fourth-order valence-corrected chi connectivity index (χ4v) is 2.30. The Hall–Kier alpha value is -2.13. The molecule has 0 heterocycles. The van der Waals surface area contributed by atoms with Crippen molar-refractivity contribution in [2.75, 3.05) is 6.54 Å². The molecule has 3 heteroatoms. The maximum Gasteiger partial charge on any atom is 0.275 e. The van der Waals surface area contributed by atoms with Gasteiger partial charge in [0, 0.05) is 5.56 Å². The summed E-state index contributed by atoms with van der Waals surface area (Å²) in [6.07, 6.45) is 0. The summed E-state index contributed by atoms with van der Waals surface area (Å²) in [6.45, 7) is 4.56. The molecule has 2 rings (SSSR count). The van der Waals surface area contributed by atoms with E-state index in [1.54, 1.807) is 0 Å². The van der Waals surface area contributed by atoms with Crippen molar-refractivity contribution >= 4 is 5.91 Å². The van der Waals surface area contributed by atoms with E-state index in [1.165, 1.54) is 5.56 Å². The highest BCUT2D eigenvalue weighted by Crippen LogP contribution is 2.10. The van der Waals surface area contributed by atoms with Gasteiger partial charge in [-0.05, 0) is 19.4 Å². The molecule has 0 aromatic heterocycles. The quantitative estimate of drug-likeness (QED) is 0.838. The number of amides is 1. The van der Waals surface area contributed by atoms with Crippen LogP contribution in [0.2, 0.25) is 0 Å². The average molecular weight is 283 g/mol. The number of nitrogens with two attached hydrogens (primary N) is 1. The molecule has 2 aromatic carbocycles. The van der Waals surface area contributed by atoms with Gasteiger partial charge >= 0.3 is 0 Å². The second-order valence-electron chi connectivity index (χ2n) is 5.34. The lowest BCUT2D eigenvalue weighted by molar-refractivity contribution is -0.682. The van der Waals surface area contributed by atoms with Crippen molar-refractivity contribution in [1.29, 1.82) is 0 Å². The van der Waals surface area contributed by atoms with E-state index in [9.17, 15) is 4.79 Å². The molecule has 0 radical (unpaired) electrons. The van der Waals surface area contributed by atoms with Crippen molar-refractivity contribution in [1.82, 2.24) is 5.32 Å². The van der Waals surface area contributed by atoms with E-state index in [0.29, 0.717) is 6.54 Å².